The molecule has 0 unspecified atom stereocenters. The van der Waals surface area contributed by atoms with Gasteiger partial charge in [-0.25, -0.2) is 17.6 Å². The Morgan fingerprint density at radius 3 is 1.97 bits per heavy atom. The lowest BCUT2D eigenvalue weighted by Crippen LogP contribution is -2.23. The zero-order chi connectivity index (χ0) is 26.6. The lowest BCUT2D eigenvalue weighted by Gasteiger charge is -2.28. The molecule has 1 aliphatic carbocycles. The summed E-state index contributed by atoms with van der Waals surface area (Å²) < 4.78 is 106. The van der Waals surface area contributed by atoms with Crippen LogP contribution in [0.5, 0.6) is 11.5 Å². The van der Waals surface area contributed by atoms with E-state index in [0.717, 1.165) is 62.1 Å². The quantitative estimate of drug-likeness (QED) is 0.259. The molecule has 9 heteroatoms. The van der Waals surface area contributed by atoms with Gasteiger partial charge < -0.3 is 9.47 Å². The lowest BCUT2D eigenvalue weighted by atomic mass is 9.77. The minimum atomic E-state index is -3.98. The first-order valence-corrected chi connectivity index (χ1v) is 11.9. The molecule has 4 rings (SSSR count). The van der Waals surface area contributed by atoms with Crippen LogP contribution in [-0.4, -0.2) is 13.5 Å². The minimum absolute atomic E-state index is 0.0359. The van der Waals surface area contributed by atoms with Crippen molar-refractivity contribution in [2.24, 2.45) is 5.92 Å². The van der Waals surface area contributed by atoms with E-state index in [1.165, 1.54) is 18.2 Å². The van der Waals surface area contributed by atoms with E-state index in [1.807, 2.05) is 0 Å². The first kappa shape index (κ1) is 26.8. The number of halogens is 7. The Balaban J connectivity index is 1.45. The van der Waals surface area contributed by atoms with Crippen molar-refractivity contribution in [3.63, 3.8) is 0 Å². The fourth-order valence-corrected chi connectivity index (χ4v) is 4.80. The highest BCUT2D eigenvalue weighted by Crippen LogP contribution is 2.40. The SMILES string of the molecule is FCCC1CCC(c2ccc(C(F)(F)Oc3ccc(-c4cc(F)c(OCF)c(F)c4)cc3)c(F)c2)CC1. The van der Waals surface area contributed by atoms with Crippen molar-refractivity contribution < 1.29 is 40.2 Å². The normalized spacial score (nSPS) is 18.0. The van der Waals surface area contributed by atoms with E-state index in [9.17, 15) is 30.7 Å². The molecule has 0 aliphatic heterocycles. The van der Waals surface area contributed by atoms with Gasteiger partial charge in [-0.2, -0.15) is 8.78 Å². The van der Waals surface area contributed by atoms with E-state index in [0.29, 0.717) is 17.9 Å². The highest BCUT2D eigenvalue weighted by molar-refractivity contribution is 5.65. The summed E-state index contributed by atoms with van der Waals surface area (Å²) in [5.41, 5.74) is 0.0541. The van der Waals surface area contributed by atoms with E-state index < -0.39 is 41.7 Å². The summed E-state index contributed by atoms with van der Waals surface area (Å²) in [4.78, 5) is 0. The average molecular weight is 526 g/mol. The van der Waals surface area contributed by atoms with Crippen molar-refractivity contribution in [1.82, 2.24) is 0 Å². The summed E-state index contributed by atoms with van der Waals surface area (Å²) in [6.07, 6.45) is -0.319. The molecule has 0 atom stereocenters. The van der Waals surface area contributed by atoms with Crippen LogP contribution >= 0.6 is 0 Å². The number of benzene rings is 3. The zero-order valence-electron chi connectivity index (χ0n) is 19.8. The average Bonchev–Trinajstić information content (AvgIpc) is 2.87. The van der Waals surface area contributed by atoms with Gasteiger partial charge in [0.1, 0.15) is 11.6 Å². The maximum atomic E-state index is 14.8. The van der Waals surface area contributed by atoms with Gasteiger partial charge in [0, 0.05) is 0 Å². The fourth-order valence-electron chi connectivity index (χ4n) is 4.80. The van der Waals surface area contributed by atoms with E-state index in [4.69, 9.17) is 4.74 Å². The molecule has 0 N–H and O–H groups in total. The van der Waals surface area contributed by atoms with Gasteiger partial charge in [0.15, 0.2) is 17.4 Å². The molecule has 0 aromatic heterocycles. The third-order valence-electron chi connectivity index (χ3n) is 6.77. The van der Waals surface area contributed by atoms with Gasteiger partial charge in [0.2, 0.25) is 6.86 Å². The van der Waals surface area contributed by atoms with Crippen LogP contribution < -0.4 is 9.47 Å². The predicted molar refractivity (Wildman–Crippen MR) is 125 cm³/mol. The molecule has 1 saturated carbocycles. The molecule has 2 nitrogen and oxygen atoms in total. The van der Waals surface area contributed by atoms with Gasteiger partial charge in [0.05, 0.1) is 12.2 Å². The van der Waals surface area contributed by atoms with Crippen LogP contribution in [0.1, 0.15) is 49.1 Å². The fraction of sp³-hybridized carbons (Fsp3) is 0.357. The Bertz CT molecular complexity index is 1180. The summed E-state index contributed by atoms with van der Waals surface area (Å²) in [5, 5.41) is 0. The molecule has 1 aliphatic rings. The van der Waals surface area contributed by atoms with Crippen molar-refractivity contribution >= 4 is 0 Å². The van der Waals surface area contributed by atoms with Crippen molar-refractivity contribution in [2.45, 2.75) is 44.1 Å². The topological polar surface area (TPSA) is 18.5 Å². The van der Waals surface area contributed by atoms with E-state index in [2.05, 4.69) is 4.74 Å². The predicted octanol–water partition coefficient (Wildman–Crippen LogP) is 8.84. The standard InChI is InChI=1S/C28H25F7O2/c29-12-11-17-1-3-18(4-2-17)20-7-10-23(24(31)13-20)28(34,35)37-22-8-5-19(6-9-22)21-14-25(32)27(36-16-30)26(33)15-21/h5-10,13-15,17-18H,1-4,11-12,16H2. The number of rotatable bonds is 9. The maximum absolute atomic E-state index is 14.8. The lowest BCUT2D eigenvalue weighted by molar-refractivity contribution is -0.187. The molecule has 1 fully saturated rings. The Morgan fingerprint density at radius 1 is 0.757 bits per heavy atom. The summed E-state index contributed by atoms with van der Waals surface area (Å²) in [6, 6.07) is 10.3. The van der Waals surface area contributed by atoms with Gasteiger partial charge in [-0.3, -0.25) is 4.39 Å². The summed E-state index contributed by atoms with van der Waals surface area (Å²) in [5.74, 6) is -4.13. The second kappa shape index (κ2) is 11.4. The molecule has 0 saturated heterocycles. The summed E-state index contributed by atoms with van der Waals surface area (Å²) in [6.45, 7) is -1.77. The third-order valence-corrected chi connectivity index (χ3v) is 6.77. The molecule has 0 bridgehead atoms. The van der Waals surface area contributed by atoms with Crippen LogP contribution in [0.2, 0.25) is 0 Å². The molecule has 3 aromatic carbocycles. The zero-order valence-corrected chi connectivity index (χ0v) is 19.8. The number of alkyl halides is 4. The summed E-state index contributed by atoms with van der Waals surface area (Å²) >= 11 is 0. The van der Waals surface area contributed by atoms with E-state index in [1.54, 1.807) is 0 Å². The molecule has 0 spiro atoms. The van der Waals surface area contributed by atoms with Gasteiger partial charge in [-0.05, 0) is 97.0 Å². The van der Waals surface area contributed by atoms with Crippen molar-refractivity contribution in [3.8, 4) is 22.6 Å². The van der Waals surface area contributed by atoms with Crippen molar-refractivity contribution in [3.05, 3.63) is 83.2 Å². The van der Waals surface area contributed by atoms with Crippen LogP contribution in [0, 0.1) is 23.4 Å². The first-order chi connectivity index (χ1) is 17.7. The number of hydrogen-bond donors (Lipinski definition) is 0. The Kier molecular flexibility index (Phi) is 8.29. The van der Waals surface area contributed by atoms with Crippen LogP contribution in [0.15, 0.2) is 54.6 Å². The van der Waals surface area contributed by atoms with Gasteiger partial charge in [-0.15, -0.1) is 0 Å². The molecular formula is C28H25F7O2. The van der Waals surface area contributed by atoms with E-state index in [-0.39, 0.29) is 29.5 Å². The third kappa shape index (κ3) is 6.19. The Hall–Kier alpha value is -3.23. The second-order valence-electron chi connectivity index (χ2n) is 9.10. The number of ether oxygens (including phenoxy) is 2. The Labute approximate surface area is 210 Å². The molecular weight excluding hydrogens is 501 g/mol. The highest BCUT2D eigenvalue weighted by atomic mass is 19.3. The van der Waals surface area contributed by atoms with Crippen LogP contribution in [0.3, 0.4) is 0 Å². The largest absolute Gasteiger partial charge is 0.457 e. The summed E-state index contributed by atoms with van der Waals surface area (Å²) in [7, 11) is 0. The minimum Gasteiger partial charge on any atom is -0.457 e. The molecule has 3 aromatic rings. The molecule has 0 amide bonds. The smallest absolute Gasteiger partial charge is 0.429 e. The van der Waals surface area contributed by atoms with Gasteiger partial charge in [0.25, 0.3) is 0 Å². The van der Waals surface area contributed by atoms with Crippen LogP contribution in [-0.2, 0) is 6.11 Å². The van der Waals surface area contributed by atoms with Crippen molar-refractivity contribution in [1.29, 1.82) is 0 Å². The monoisotopic (exact) mass is 526 g/mol. The molecule has 37 heavy (non-hydrogen) atoms. The molecule has 198 valence electrons. The van der Waals surface area contributed by atoms with E-state index >= 15 is 0 Å². The number of hydrogen-bond acceptors (Lipinski definition) is 2. The molecule has 0 heterocycles. The van der Waals surface area contributed by atoms with Crippen molar-refractivity contribution in [2.75, 3.05) is 13.5 Å². The van der Waals surface area contributed by atoms with Crippen LogP contribution in [0.4, 0.5) is 30.7 Å². The molecule has 0 radical (unpaired) electrons. The Morgan fingerprint density at radius 2 is 1.41 bits per heavy atom. The van der Waals surface area contributed by atoms with Crippen LogP contribution in [0.25, 0.3) is 11.1 Å². The van der Waals surface area contributed by atoms with Gasteiger partial charge in [-0.1, -0.05) is 18.2 Å². The first-order valence-electron chi connectivity index (χ1n) is 11.9. The highest BCUT2D eigenvalue weighted by Gasteiger charge is 2.38. The maximum Gasteiger partial charge on any atom is 0.429 e. The second-order valence-corrected chi connectivity index (χ2v) is 9.10. The van der Waals surface area contributed by atoms with Gasteiger partial charge >= 0.3 is 6.11 Å².